The van der Waals surface area contributed by atoms with Gasteiger partial charge in [-0.3, -0.25) is 9.59 Å². The molecule has 5 aromatic rings. The summed E-state index contributed by atoms with van der Waals surface area (Å²) in [5.74, 6) is 0.412. The lowest BCUT2D eigenvalue weighted by atomic mass is 9.97. The minimum Gasteiger partial charge on any atom is -0.424 e. The summed E-state index contributed by atoms with van der Waals surface area (Å²) in [7, 11) is 0. The number of aromatic nitrogens is 5. The molecule has 0 fully saturated rings. The molecule has 2 amide bonds. The SMILES string of the molecule is CCC(=O)NCCOCCOCCC(=O)N1CCc2cc(Cn3nc(-c4ccc5oc(N)nc5c4)c4c(N)ncnc43)ccc2C1. The van der Waals surface area contributed by atoms with E-state index < -0.39 is 0 Å². The van der Waals surface area contributed by atoms with E-state index >= 15 is 0 Å². The number of carbonyl (C=O) groups excluding carboxylic acids is 2. The Labute approximate surface area is 265 Å². The lowest BCUT2D eigenvalue weighted by Gasteiger charge is -2.29. The fourth-order valence-corrected chi connectivity index (χ4v) is 5.55. The van der Waals surface area contributed by atoms with Crippen molar-refractivity contribution in [3.8, 4) is 11.3 Å². The van der Waals surface area contributed by atoms with E-state index in [-0.39, 0.29) is 17.8 Å². The molecule has 3 aromatic heterocycles. The molecule has 0 saturated carbocycles. The van der Waals surface area contributed by atoms with Crippen LogP contribution in [-0.4, -0.2) is 81.0 Å². The summed E-state index contributed by atoms with van der Waals surface area (Å²) >= 11 is 0. The van der Waals surface area contributed by atoms with Crippen molar-refractivity contribution < 1.29 is 23.5 Å². The molecule has 240 valence electrons. The normalized spacial score (nSPS) is 12.9. The molecule has 6 rings (SSSR count). The van der Waals surface area contributed by atoms with Gasteiger partial charge >= 0.3 is 0 Å². The molecule has 0 bridgehead atoms. The summed E-state index contributed by atoms with van der Waals surface area (Å²) in [4.78, 5) is 38.9. The summed E-state index contributed by atoms with van der Waals surface area (Å²) in [6.07, 6.45) is 2.98. The zero-order valence-corrected chi connectivity index (χ0v) is 25.7. The number of rotatable bonds is 13. The molecule has 4 heterocycles. The third-order valence-electron chi connectivity index (χ3n) is 7.93. The van der Waals surface area contributed by atoms with Crippen LogP contribution in [0, 0.1) is 0 Å². The predicted molar refractivity (Wildman–Crippen MR) is 171 cm³/mol. The quantitative estimate of drug-likeness (QED) is 0.163. The van der Waals surface area contributed by atoms with Crippen molar-refractivity contribution in [2.45, 2.75) is 39.3 Å². The number of nitrogen functional groups attached to an aromatic ring is 2. The van der Waals surface area contributed by atoms with E-state index in [1.807, 2.05) is 21.7 Å². The van der Waals surface area contributed by atoms with Crippen molar-refractivity contribution in [1.82, 2.24) is 34.9 Å². The Morgan fingerprint density at radius 1 is 1.02 bits per heavy atom. The zero-order chi connectivity index (χ0) is 32.0. The van der Waals surface area contributed by atoms with Gasteiger partial charge in [0.1, 0.15) is 23.4 Å². The number of hydrogen-bond acceptors (Lipinski definition) is 11. The third kappa shape index (κ3) is 6.92. The predicted octanol–water partition coefficient (Wildman–Crippen LogP) is 2.68. The van der Waals surface area contributed by atoms with Crippen molar-refractivity contribution in [3.05, 3.63) is 59.4 Å². The average Bonchev–Trinajstić information content (AvgIpc) is 3.63. The van der Waals surface area contributed by atoms with E-state index in [4.69, 9.17) is 30.5 Å². The fourth-order valence-electron chi connectivity index (χ4n) is 5.55. The van der Waals surface area contributed by atoms with E-state index in [1.54, 1.807) is 13.0 Å². The Kier molecular flexibility index (Phi) is 9.36. The highest BCUT2D eigenvalue weighted by Crippen LogP contribution is 2.33. The van der Waals surface area contributed by atoms with Crippen LogP contribution in [0.5, 0.6) is 0 Å². The van der Waals surface area contributed by atoms with Crippen molar-refractivity contribution >= 4 is 45.8 Å². The number of oxazole rings is 1. The molecule has 1 aliphatic rings. The van der Waals surface area contributed by atoms with Crippen LogP contribution in [0.2, 0.25) is 0 Å². The number of nitrogens with zero attached hydrogens (tertiary/aromatic N) is 6. The van der Waals surface area contributed by atoms with Gasteiger partial charge in [-0.25, -0.2) is 14.6 Å². The molecule has 0 radical (unpaired) electrons. The highest BCUT2D eigenvalue weighted by atomic mass is 16.5. The average molecular weight is 628 g/mol. The first-order chi connectivity index (χ1) is 22.4. The summed E-state index contributed by atoms with van der Waals surface area (Å²) in [6.45, 7) is 5.57. The minimum atomic E-state index is 0.00346. The summed E-state index contributed by atoms with van der Waals surface area (Å²) < 4.78 is 18.3. The number of nitrogens with one attached hydrogen (secondary N) is 1. The van der Waals surface area contributed by atoms with Crippen LogP contribution in [0.1, 0.15) is 36.5 Å². The Balaban J connectivity index is 1.05. The van der Waals surface area contributed by atoms with Crippen LogP contribution in [0.4, 0.5) is 11.8 Å². The van der Waals surface area contributed by atoms with Gasteiger partial charge in [0, 0.05) is 31.6 Å². The van der Waals surface area contributed by atoms with Gasteiger partial charge < -0.3 is 35.6 Å². The van der Waals surface area contributed by atoms with Gasteiger partial charge in [-0.2, -0.15) is 10.1 Å². The fraction of sp³-hybridized carbons (Fsp3) is 0.375. The van der Waals surface area contributed by atoms with E-state index in [2.05, 4.69) is 38.5 Å². The smallest absolute Gasteiger partial charge is 0.292 e. The van der Waals surface area contributed by atoms with E-state index in [0.717, 1.165) is 23.1 Å². The first kappa shape index (κ1) is 30.9. The number of carbonyl (C=O) groups is 2. The zero-order valence-electron chi connectivity index (χ0n) is 25.7. The van der Waals surface area contributed by atoms with E-state index in [1.165, 1.54) is 11.9 Å². The molecule has 14 heteroatoms. The van der Waals surface area contributed by atoms with Crippen LogP contribution in [0.3, 0.4) is 0 Å². The number of nitrogens with two attached hydrogens (primary N) is 2. The number of ether oxygens (including phenoxy) is 2. The highest BCUT2D eigenvalue weighted by molar-refractivity contribution is 5.99. The minimum absolute atomic E-state index is 0.00346. The van der Waals surface area contributed by atoms with Gasteiger partial charge in [0.2, 0.25) is 11.8 Å². The molecule has 2 aromatic carbocycles. The topological polar surface area (TPSA) is 190 Å². The first-order valence-electron chi connectivity index (χ1n) is 15.3. The number of anilines is 2. The van der Waals surface area contributed by atoms with Crippen LogP contribution < -0.4 is 16.8 Å². The number of benzene rings is 2. The molecule has 14 nitrogen and oxygen atoms in total. The van der Waals surface area contributed by atoms with Crippen LogP contribution in [-0.2, 0) is 38.6 Å². The van der Waals surface area contributed by atoms with Crippen molar-refractivity contribution in [2.75, 3.05) is 51.0 Å². The summed E-state index contributed by atoms with van der Waals surface area (Å²) in [5, 5.41) is 8.32. The molecule has 0 spiro atoms. The third-order valence-corrected chi connectivity index (χ3v) is 7.93. The Bertz CT molecular complexity index is 1870. The first-order valence-corrected chi connectivity index (χ1v) is 15.3. The van der Waals surface area contributed by atoms with Crippen LogP contribution in [0.25, 0.3) is 33.4 Å². The maximum Gasteiger partial charge on any atom is 0.292 e. The Morgan fingerprint density at radius 2 is 1.87 bits per heavy atom. The molecular formula is C32H37N9O5. The molecule has 0 unspecified atom stereocenters. The van der Waals surface area contributed by atoms with Gasteiger partial charge in [0.25, 0.3) is 6.01 Å². The second kappa shape index (κ2) is 13.9. The van der Waals surface area contributed by atoms with Crippen LogP contribution in [0.15, 0.2) is 47.1 Å². The molecule has 1 aliphatic heterocycles. The maximum absolute atomic E-state index is 12.9. The summed E-state index contributed by atoms with van der Waals surface area (Å²) in [5.41, 5.74) is 18.7. The van der Waals surface area contributed by atoms with Gasteiger partial charge in [-0.15, -0.1) is 0 Å². The van der Waals surface area contributed by atoms with E-state index in [0.29, 0.717) is 99.1 Å². The van der Waals surface area contributed by atoms with Gasteiger partial charge in [0.05, 0.1) is 44.8 Å². The van der Waals surface area contributed by atoms with Crippen LogP contribution >= 0.6 is 0 Å². The Hall–Kier alpha value is -5.08. The van der Waals surface area contributed by atoms with Crippen molar-refractivity contribution in [1.29, 1.82) is 0 Å². The molecule has 46 heavy (non-hydrogen) atoms. The molecule has 0 atom stereocenters. The highest BCUT2D eigenvalue weighted by Gasteiger charge is 2.22. The molecule has 0 aliphatic carbocycles. The number of amides is 2. The van der Waals surface area contributed by atoms with Crippen molar-refractivity contribution in [3.63, 3.8) is 0 Å². The molecular weight excluding hydrogens is 590 g/mol. The van der Waals surface area contributed by atoms with Crippen molar-refractivity contribution in [2.24, 2.45) is 0 Å². The summed E-state index contributed by atoms with van der Waals surface area (Å²) in [6, 6.07) is 12.0. The Morgan fingerprint density at radius 3 is 2.72 bits per heavy atom. The maximum atomic E-state index is 12.9. The van der Waals surface area contributed by atoms with E-state index in [9.17, 15) is 9.59 Å². The second-order valence-electron chi connectivity index (χ2n) is 11.0. The largest absolute Gasteiger partial charge is 0.424 e. The monoisotopic (exact) mass is 627 g/mol. The lowest BCUT2D eigenvalue weighted by Crippen LogP contribution is -2.36. The standard InChI is InChI=1S/C32H37N9O5/c1-2-26(42)35-9-12-45-14-13-44-11-8-27(43)40-10-7-21-15-20(3-4-23(21)18-40)17-41-31-28(30(33)36-19-37-31)29(39-41)22-5-6-25-24(16-22)38-32(34)46-25/h3-6,15-16,19H,2,7-14,17-18H2,1H3,(H2,34,38)(H,35,42)(H2,33,36,37). The van der Waals surface area contributed by atoms with Gasteiger partial charge in [-0.05, 0) is 41.3 Å². The number of fused-ring (bicyclic) bond motifs is 3. The molecule has 0 saturated heterocycles. The number of hydrogen-bond donors (Lipinski definition) is 3. The van der Waals surface area contributed by atoms with Gasteiger partial charge in [0.15, 0.2) is 11.2 Å². The second-order valence-corrected chi connectivity index (χ2v) is 11.0. The van der Waals surface area contributed by atoms with Gasteiger partial charge in [-0.1, -0.05) is 25.1 Å². The molecule has 5 N–H and O–H groups in total. The lowest BCUT2D eigenvalue weighted by molar-refractivity contribution is -0.133.